The number of aliphatic hydroxyl groups excluding tert-OH is 1. The van der Waals surface area contributed by atoms with Crippen molar-refractivity contribution < 1.29 is 22.7 Å². The number of aryl methyl sites for hydroxylation is 2. The van der Waals surface area contributed by atoms with Crippen LogP contribution in [0.5, 0.6) is 0 Å². The monoisotopic (exact) mass is 340 g/mol. The number of alkyl halides is 3. The first-order valence-electron chi connectivity index (χ1n) is 7.47. The maximum absolute atomic E-state index is 14.1. The summed E-state index contributed by atoms with van der Waals surface area (Å²) < 4.78 is 51.9. The number of hydrogen-bond acceptors (Lipinski definition) is 3. The van der Waals surface area contributed by atoms with Crippen LogP contribution in [0.15, 0.2) is 30.5 Å². The fourth-order valence-corrected chi connectivity index (χ4v) is 3.12. The van der Waals surface area contributed by atoms with E-state index in [1.165, 1.54) is 0 Å². The van der Waals surface area contributed by atoms with Gasteiger partial charge in [0.25, 0.3) is 0 Å². The van der Waals surface area contributed by atoms with Gasteiger partial charge in [-0.1, -0.05) is 23.8 Å². The molecule has 1 aliphatic rings. The van der Waals surface area contributed by atoms with Gasteiger partial charge < -0.3 is 10.4 Å². The maximum Gasteiger partial charge on any atom is 0.417 e. The topological polar surface area (TPSA) is 45.1 Å². The number of halogens is 4. The average Bonchev–Trinajstić information content (AvgIpc) is 2.86. The van der Waals surface area contributed by atoms with Crippen LogP contribution in [0.4, 0.5) is 23.4 Å². The summed E-state index contributed by atoms with van der Waals surface area (Å²) in [5, 5.41) is 12.7. The summed E-state index contributed by atoms with van der Waals surface area (Å²) in [5.74, 6) is -1.40. The van der Waals surface area contributed by atoms with Crippen molar-refractivity contribution in [2.45, 2.75) is 31.5 Å². The zero-order valence-corrected chi connectivity index (χ0v) is 12.9. The van der Waals surface area contributed by atoms with Crippen LogP contribution < -0.4 is 5.32 Å². The molecule has 1 aromatic carbocycles. The number of nitrogens with one attached hydrogen (secondary N) is 1. The van der Waals surface area contributed by atoms with Crippen molar-refractivity contribution in [3.63, 3.8) is 0 Å². The summed E-state index contributed by atoms with van der Waals surface area (Å²) >= 11 is 0. The van der Waals surface area contributed by atoms with E-state index in [1.807, 2.05) is 25.1 Å². The lowest BCUT2D eigenvalue weighted by Gasteiger charge is -2.30. The van der Waals surface area contributed by atoms with Crippen molar-refractivity contribution in [2.75, 3.05) is 11.9 Å². The zero-order chi connectivity index (χ0) is 17.5. The number of hydrogen-bond donors (Lipinski definition) is 2. The molecule has 0 fully saturated rings. The van der Waals surface area contributed by atoms with E-state index in [0.717, 1.165) is 16.7 Å². The Balaban J connectivity index is 1.96. The van der Waals surface area contributed by atoms with Gasteiger partial charge in [-0.2, -0.15) is 13.2 Å². The minimum atomic E-state index is -4.65. The third-order valence-electron chi connectivity index (χ3n) is 4.39. The van der Waals surface area contributed by atoms with Gasteiger partial charge in [-0.25, -0.2) is 9.37 Å². The van der Waals surface area contributed by atoms with Crippen molar-refractivity contribution in [1.82, 2.24) is 4.98 Å². The van der Waals surface area contributed by atoms with Crippen LogP contribution in [0.25, 0.3) is 0 Å². The lowest BCUT2D eigenvalue weighted by Crippen LogP contribution is -2.37. The van der Waals surface area contributed by atoms with E-state index in [-0.39, 0.29) is 12.4 Å². The predicted octanol–water partition coefficient (Wildman–Crippen LogP) is 3.79. The molecule has 7 heteroatoms. The Morgan fingerprint density at radius 3 is 2.67 bits per heavy atom. The van der Waals surface area contributed by atoms with E-state index >= 15 is 0 Å². The summed E-state index contributed by atoms with van der Waals surface area (Å²) in [6.45, 7) is 1.63. The third kappa shape index (κ3) is 2.84. The number of benzene rings is 1. The Kier molecular flexibility index (Phi) is 3.99. The van der Waals surface area contributed by atoms with Gasteiger partial charge in [-0.15, -0.1) is 0 Å². The van der Waals surface area contributed by atoms with Crippen LogP contribution >= 0.6 is 0 Å². The first-order valence-corrected chi connectivity index (χ1v) is 7.47. The fourth-order valence-electron chi connectivity index (χ4n) is 3.12. The summed E-state index contributed by atoms with van der Waals surface area (Å²) in [6.07, 6.45) is -2.88. The largest absolute Gasteiger partial charge is 0.417 e. The summed E-state index contributed by atoms with van der Waals surface area (Å²) in [4.78, 5) is 3.57. The Morgan fingerprint density at radius 1 is 1.29 bits per heavy atom. The second-order valence-electron chi connectivity index (χ2n) is 6.08. The number of fused-ring (bicyclic) bond motifs is 1. The van der Waals surface area contributed by atoms with Crippen LogP contribution in [0.2, 0.25) is 0 Å². The van der Waals surface area contributed by atoms with Crippen molar-refractivity contribution in [1.29, 1.82) is 0 Å². The second kappa shape index (κ2) is 5.73. The van der Waals surface area contributed by atoms with Gasteiger partial charge >= 0.3 is 6.18 Å². The quantitative estimate of drug-likeness (QED) is 0.836. The van der Waals surface area contributed by atoms with E-state index in [0.29, 0.717) is 25.1 Å². The summed E-state index contributed by atoms with van der Waals surface area (Å²) in [5.41, 5.74) is 0.823. The van der Waals surface area contributed by atoms with Crippen molar-refractivity contribution in [3.05, 3.63) is 58.5 Å². The molecule has 0 spiro atoms. The summed E-state index contributed by atoms with van der Waals surface area (Å²) in [6, 6.07) is 6.13. The number of aliphatic hydroxyl groups is 1. The van der Waals surface area contributed by atoms with Crippen LogP contribution in [-0.4, -0.2) is 16.7 Å². The lowest BCUT2D eigenvalue weighted by atomic mass is 9.92. The number of anilines is 1. The molecule has 24 heavy (non-hydrogen) atoms. The lowest BCUT2D eigenvalue weighted by molar-refractivity contribution is -0.138. The standard InChI is InChI=1S/C17H16F4N2O/c1-10-2-3-13-11(6-10)4-5-16(13,9-24)23-15-14(18)7-12(8-22-15)17(19,20)21/h2-3,6-8,24H,4-5,9H2,1H3,(H,22,23)/t16-/m1/s1. The molecule has 2 aromatic rings. The zero-order valence-electron chi connectivity index (χ0n) is 12.9. The van der Waals surface area contributed by atoms with E-state index in [9.17, 15) is 22.7 Å². The third-order valence-corrected chi connectivity index (χ3v) is 4.39. The Labute approximate surface area is 136 Å². The molecule has 1 atom stereocenters. The Morgan fingerprint density at radius 2 is 2.04 bits per heavy atom. The van der Waals surface area contributed by atoms with Crippen LogP contribution in [-0.2, 0) is 18.1 Å². The van der Waals surface area contributed by atoms with Gasteiger partial charge in [-0.3, -0.25) is 0 Å². The smallest absolute Gasteiger partial charge is 0.394 e. The van der Waals surface area contributed by atoms with Gasteiger partial charge in [0.2, 0.25) is 0 Å². The molecule has 0 amide bonds. The molecule has 0 radical (unpaired) electrons. The number of pyridine rings is 1. The normalized spacial score (nSPS) is 20.1. The molecule has 3 nitrogen and oxygen atoms in total. The highest BCUT2D eigenvalue weighted by molar-refractivity contribution is 5.50. The highest BCUT2D eigenvalue weighted by Crippen LogP contribution is 2.40. The molecule has 0 aliphatic heterocycles. The molecule has 1 aromatic heterocycles. The molecule has 0 bridgehead atoms. The van der Waals surface area contributed by atoms with Crippen molar-refractivity contribution in [3.8, 4) is 0 Å². The van der Waals surface area contributed by atoms with Gasteiger partial charge in [-0.05, 0) is 37.0 Å². The molecule has 0 saturated heterocycles. The van der Waals surface area contributed by atoms with Crippen LogP contribution in [0.3, 0.4) is 0 Å². The molecule has 2 N–H and O–H groups in total. The Hall–Kier alpha value is -2.15. The van der Waals surface area contributed by atoms with Gasteiger partial charge in [0.1, 0.15) is 0 Å². The number of rotatable bonds is 3. The molecule has 3 rings (SSSR count). The second-order valence-corrected chi connectivity index (χ2v) is 6.08. The van der Waals surface area contributed by atoms with Crippen molar-refractivity contribution in [2.24, 2.45) is 0 Å². The van der Waals surface area contributed by atoms with Gasteiger partial charge in [0.15, 0.2) is 11.6 Å². The van der Waals surface area contributed by atoms with Crippen LogP contribution in [0.1, 0.15) is 28.7 Å². The first kappa shape index (κ1) is 16.7. The molecule has 0 saturated carbocycles. The Bertz CT molecular complexity index is 776. The summed E-state index contributed by atoms with van der Waals surface area (Å²) in [7, 11) is 0. The number of aromatic nitrogens is 1. The van der Waals surface area contributed by atoms with E-state index in [2.05, 4.69) is 10.3 Å². The van der Waals surface area contributed by atoms with Crippen LogP contribution in [0, 0.1) is 12.7 Å². The average molecular weight is 340 g/mol. The van der Waals surface area contributed by atoms with E-state index < -0.39 is 23.1 Å². The minimum Gasteiger partial charge on any atom is -0.394 e. The van der Waals surface area contributed by atoms with Crippen molar-refractivity contribution >= 4 is 5.82 Å². The fraction of sp³-hybridized carbons (Fsp3) is 0.353. The maximum atomic E-state index is 14.1. The van der Waals surface area contributed by atoms with Gasteiger partial charge in [0.05, 0.1) is 17.7 Å². The van der Waals surface area contributed by atoms with Gasteiger partial charge in [0, 0.05) is 6.20 Å². The highest BCUT2D eigenvalue weighted by atomic mass is 19.4. The molecule has 128 valence electrons. The first-order chi connectivity index (χ1) is 11.2. The number of nitrogens with zero attached hydrogens (tertiary/aromatic N) is 1. The van der Waals surface area contributed by atoms with E-state index in [1.54, 1.807) is 0 Å². The SMILES string of the molecule is Cc1ccc2c(c1)CC[C@]2(CO)Nc1ncc(C(F)(F)F)cc1F. The van der Waals surface area contributed by atoms with E-state index in [4.69, 9.17) is 0 Å². The molecular formula is C17H16F4N2O. The molecule has 1 aliphatic carbocycles. The minimum absolute atomic E-state index is 0.300. The predicted molar refractivity (Wildman–Crippen MR) is 81.1 cm³/mol. The molecular weight excluding hydrogens is 324 g/mol. The highest BCUT2D eigenvalue weighted by Gasteiger charge is 2.39. The molecule has 1 heterocycles. The molecule has 0 unspecified atom stereocenters.